The zero-order valence-corrected chi connectivity index (χ0v) is 14.5. The van der Waals surface area contributed by atoms with E-state index in [4.69, 9.17) is 0 Å². The molecule has 1 aromatic carbocycles. The molecule has 0 saturated heterocycles. The summed E-state index contributed by atoms with van der Waals surface area (Å²) in [6.45, 7) is 4.87. The smallest absolute Gasteiger partial charge is 0.223 e. The first-order chi connectivity index (χ1) is 11.6. The Morgan fingerprint density at radius 2 is 2.08 bits per heavy atom. The highest BCUT2D eigenvalue weighted by Crippen LogP contribution is 2.24. The van der Waals surface area contributed by atoms with E-state index < -0.39 is 0 Å². The lowest BCUT2D eigenvalue weighted by Crippen LogP contribution is -2.34. The van der Waals surface area contributed by atoms with E-state index in [-0.39, 0.29) is 11.8 Å². The number of nitrogens with one attached hydrogen (secondary N) is 2. The zero-order chi connectivity index (χ0) is 17.1. The van der Waals surface area contributed by atoms with Crippen LogP contribution in [-0.4, -0.2) is 34.4 Å². The second-order valence-electron chi connectivity index (χ2n) is 6.71. The average molecular weight is 327 g/mol. The predicted octanol–water partition coefficient (Wildman–Crippen LogP) is 2.07. The summed E-state index contributed by atoms with van der Waals surface area (Å²) in [5, 5.41) is 14.0. The van der Waals surface area contributed by atoms with Gasteiger partial charge in [0.1, 0.15) is 0 Å². The molecule has 0 fully saturated rings. The van der Waals surface area contributed by atoms with Crippen molar-refractivity contribution in [3.63, 3.8) is 0 Å². The van der Waals surface area contributed by atoms with Crippen molar-refractivity contribution in [3.8, 4) is 0 Å². The number of hydrogen-bond acceptors (Lipinski definition) is 4. The van der Waals surface area contributed by atoms with Crippen molar-refractivity contribution in [2.75, 3.05) is 11.9 Å². The van der Waals surface area contributed by atoms with Crippen LogP contribution >= 0.6 is 0 Å². The van der Waals surface area contributed by atoms with Crippen molar-refractivity contribution in [1.29, 1.82) is 0 Å². The number of aromatic amines is 1. The molecule has 0 unspecified atom stereocenters. The van der Waals surface area contributed by atoms with Crippen LogP contribution in [-0.2, 0) is 24.2 Å². The summed E-state index contributed by atoms with van der Waals surface area (Å²) in [6.07, 6.45) is 2.32. The lowest BCUT2D eigenvalue weighted by Gasteiger charge is -2.27. The molecule has 0 saturated carbocycles. The number of aromatic nitrogens is 3. The van der Waals surface area contributed by atoms with Crippen molar-refractivity contribution < 1.29 is 4.79 Å². The predicted molar refractivity (Wildman–Crippen MR) is 93.7 cm³/mol. The number of anilines is 1. The fraction of sp³-hybridized carbons (Fsp3) is 0.500. The van der Waals surface area contributed by atoms with E-state index in [1.54, 1.807) is 0 Å². The number of amides is 1. The van der Waals surface area contributed by atoms with E-state index in [9.17, 15) is 4.79 Å². The highest BCUT2D eigenvalue weighted by Gasteiger charge is 2.27. The molecule has 24 heavy (non-hydrogen) atoms. The van der Waals surface area contributed by atoms with E-state index in [0.29, 0.717) is 19.0 Å². The molecule has 1 aromatic heterocycles. The highest BCUT2D eigenvalue weighted by molar-refractivity contribution is 5.79. The van der Waals surface area contributed by atoms with Crippen LogP contribution in [0.4, 0.5) is 5.69 Å². The van der Waals surface area contributed by atoms with Crippen LogP contribution in [0, 0.1) is 5.92 Å². The summed E-state index contributed by atoms with van der Waals surface area (Å²) >= 11 is 0. The fourth-order valence-corrected chi connectivity index (χ4v) is 3.12. The van der Waals surface area contributed by atoms with Crippen LogP contribution in [0.15, 0.2) is 24.3 Å². The summed E-state index contributed by atoms with van der Waals surface area (Å²) in [6, 6.07) is 8.63. The quantitative estimate of drug-likeness (QED) is 0.882. The van der Waals surface area contributed by atoms with Crippen molar-refractivity contribution in [2.45, 2.75) is 45.7 Å². The third kappa shape index (κ3) is 3.42. The minimum absolute atomic E-state index is 0.0161. The van der Waals surface area contributed by atoms with Gasteiger partial charge in [-0.3, -0.25) is 4.79 Å². The first-order valence-corrected chi connectivity index (χ1v) is 8.53. The Labute approximate surface area is 142 Å². The van der Waals surface area contributed by atoms with E-state index in [1.165, 1.54) is 0 Å². The monoisotopic (exact) mass is 327 g/mol. The van der Waals surface area contributed by atoms with Crippen LogP contribution in [0.3, 0.4) is 0 Å². The summed E-state index contributed by atoms with van der Waals surface area (Å²) < 4.78 is 0. The maximum atomic E-state index is 12.5. The molecule has 1 aliphatic carbocycles. The van der Waals surface area contributed by atoms with Crippen molar-refractivity contribution in [1.82, 2.24) is 20.7 Å². The molecule has 1 aliphatic rings. The molecule has 0 radical (unpaired) electrons. The number of carbonyl (C=O) groups is 1. The van der Waals surface area contributed by atoms with Crippen LogP contribution in [0.2, 0.25) is 0 Å². The topological polar surface area (TPSA) is 73.9 Å². The molecule has 0 bridgehead atoms. The Morgan fingerprint density at radius 1 is 1.33 bits per heavy atom. The van der Waals surface area contributed by atoms with Gasteiger partial charge in [0.05, 0.1) is 11.4 Å². The maximum Gasteiger partial charge on any atom is 0.223 e. The van der Waals surface area contributed by atoms with E-state index in [0.717, 1.165) is 35.5 Å². The van der Waals surface area contributed by atoms with E-state index in [1.807, 2.05) is 12.1 Å². The molecule has 6 heteroatoms. The summed E-state index contributed by atoms with van der Waals surface area (Å²) in [5.74, 6) is 0.0863. The van der Waals surface area contributed by atoms with Gasteiger partial charge in [0.2, 0.25) is 5.91 Å². The Hall–Kier alpha value is -2.37. The second-order valence-corrected chi connectivity index (χ2v) is 6.71. The number of para-hydroxylation sites is 1. The molecule has 1 amide bonds. The van der Waals surface area contributed by atoms with Gasteiger partial charge in [0, 0.05) is 37.7 Å². The average Bonchev–Trinajstić information content (AvgIpc) is 3.06. The first kappa shape index (κ1) is 16.5. The third-order valence-electron chi connectivity index (χ3n) is 4.84. The minimum Gasteiger partial charge on any atom is -0.372 e. The molecule has 0 aliphatic heterocycles. The van der Waals surface area contributed by atoms with Crippen LogP contribution < -0.4 is 10.2 Å². The molecule has 2 N–H and O–H groups in total. The highest BCUT2D eigenvalue weighted by atomic mass is 16.1. The summed E-state index contributed by atoms with van der Waals surface area (Å²) in [7, 11) is 2.08. The number of rotatable bonds is 5. The van der Waals surface area contributed by atoms with Gasteiger partial charge in [-0.2, -0.15) is 15.4 Å². The molecule has 3 rings (SSSR count). The Morgan fingerprint density at radius 3 is 2.88 bits per heavy atom. The summed E-state index contributed by atoms with van der Waals surface area (Å²) in [4.78, 5) is 14.8. The SMILES string of the molecule is CC(C)N(C)c1ccccc1CNC(=O)[C@H]1CCc2n[nH]nc2C1. The van der Waals surface area contributed by atoms with Gasteiger partial charge in [-0.25, -0.2) is 0 Å². The number of H-pyrrole nitrogens is 1. The number of nitrogens with zero attached hydrogens (tertiary/aromatic N) is 3. The number of aryl methyl sites for hydroxylation is 1. The first-order valence-electron chi connectivity index (χ1n) is 8.53. The largest absolute Gasteiger partial charge is 0.372 e. The number of carbonyl (C=O) groups excluding carboxylic acids is 1. The molecular weight excluding hydrogens is 302 g/mol. The van der Waals surface area contributed by atoms with Gasteiger partial charge < -0.3 is 10.2 Å². The standard InChI is InChI=1S/C18H25N5O/c1-12(2)23(3)17-7-5-4-6-14(17)11-19-18(24)13-8-9-15-16(10-13)21-22-20-15/h4-7,12-13H,8-11H2,1-3H3,(H,19,24)(H,20,21,22)/t13-/m0/s1. The van der Waals surface area contributed by atoms with Gasteiger partial charge in [0.15, 0.2) is 0 Å². The van der Waals surface area contributed by atoms with E-state index >= 15 is 0 Å². The third-order valence-corrected chi connectivity index (χ3v) is 4.84. The Bertz CT molecular complexity index is 709. The zero-order valence-electron chi connectivity index (χ0n) is 14.5. The molecule has 128 valence electrons. The lowest BCUT2D eigenvalue weighted by atomic mass is 9.89. The van der Waals surface area contributed by atoms with Gasteiger partial charge in [-0.1, -0.05) is 18.2 Å². The van der Waals surface area contributed by atoms with Crippen LogP contribution in [0.25, 0.3) is 0 Å². The van der Waals surface area contributed by atoms with Gasteiger partial charge >= 0.3 is 0 Å². The maximum absolute atomic E-state index is 12.5. The molecular formula is C18H25N5O. The van der Waals surface area contributed by atoms with Gasteiger partial charge in [-0.15, -0.1) is 0 Å². The van der Waals surface area contributed by atoms with Crippen LogP contribution in [0.1, 0.15) is 37.2 Å². The van der Waals surface area contributed by atoms with Gasteiger partial charge in [0.25, 0.3) is 0 Å². The molecule has 6 nitrogen and oxygen atoms in total. The molecule has 2 aromatic rings. The minimum atomic E-state index is -0.0161. The number of benzene rings is 1. The molecule has 1 heterocycles. The number of hydrogen-bond donors (Lipinski definition) is 2. The van der Waals surface area contributed by atoms with Crippen molar-refractivity contribution in [3.05, 3.63) is 41.2 Å². The lowest BCUT2D eigenvalue weighted by molar-refractivity contribution is -0.125. The Balaban J connectivity index is 1.63. The fourth-order valence-electron chi connectivity index (χ4n) is 3.12. The van der Waals surface area contributed by atoms with Crippen molar-refractivity contribution >= 4 is 11.6 Å². The second kappa shape index (κ2) is 7.03. The van der Waals surface area contributed by atoms with E-state index in [2.05, 4.69) is 58.7 Å². The summed E-state index contributed by atoms with van der Waals surface area (Å²) in [5.41, 5.74) is 4.24. The van der Waals surface area contributed by atoms with Crippen molar-refractivity contribution in [2.24, 2.45) is 5.92 Å². The molecule has 0 spiro atoms. The Kier molecular flexibility index (Phi) is 4.83. The van der Waals surface area contributed by atoms with Gasteiger partial charge in [-0.05, 0) is 38.3 Å². The number of fused-ring (bicyclic) bond motifs is 1. The molecule has 1 atom stereocenters. The normalized spacial score (nSPS) is 16.8. The van der Waals surface area contributed by atoms with Crippen LogP contribution in [0.5, 0.6) is 0 Å².